The molecule has 21 heavy (non-hydrogen) atoms. The van der Waals surface area contributed by atoms with Gasteiger partial charge in [-0.2, -0.15) is 0 Å². The van der Waals surface area contributed by atoms with Crippen molar-refractivity contribution in [3.63, 3.8) is 0 Å². The number of nitrogens with two attached hydrogens (primary N) is 1. The molecule has 0 aromatic heterocycles. The topological polar surface area (TPSA) is 98.9 Å². The molecule has 2 rings (SSSR count). The summed E-state index contributed by atoms with van der Waals surface area (Å²) in [6, 6.07) is 8.99. The van der Waals surface area contributed by atoms with Gasteiger partial charge in [-0.15, -0.1) is 0 Å². The Bertz CT molecular complexity index is 696. The fourth-order valence-electron chi connectivity index (χ4n) is 1.79. The summed E-state index contributed by atoms with van der Waals surface area (Å²) in [5, 5.41) is 9.16. The number of aldehydes is 1. The molecule has 3 N–H and O–H groups in total. The van der Waals surface area contributed by atoms with Crippen LogP contribution in [0.15, 0.2) is 36.4 Å². The first-order valence-electron chi connectivity index (χ1n) is 5.99. The normalized spacial score (nSPS) is 9.95. The van der Waals surface area contributed by atoms with E-state index in [1.165, 1.54) is 43.5 Å². The highest BCUT2D eigenvalue weighted by molar-refractivity contribution is 5.93. The second kappa shape index (κ2) is 5.96. The minimum absolute atomic E-state index is 0.0298. The molecule has 2 aromatic carbocycles. The minimum atomic E-state index is -1.15. The standard InChI is InChI=1S/C15H13NO5/c1-20-13-7-9(8-17)5-6-12(13)21-14-10(15(18)19)3-2-4-11(14)16/h2-8H,16H2,1H3,(H,18,19). The molecule has 0 spiro atoms. The molecule has 0 atom stereocenters. The third kappa shape index (κ3) is 2.94. The first kappa shape index (κ1) is 14.4. The Morgan fingerprint density at radius 3 is 2.62 bits per heavy atom. The fraction of sp³-hybridized carbons (Fsp3) is 0.0667. The second-order valence-corrected chi connectivity index (χ2v) is 4.16. The molecular formula is C15H13NO5. The summed E-state index contributed by atoms with van der Waals surface area (Å²) in [5.74, 6) is -0.550. The third-order valence-electron chi connectivity index (χ3n) is 2.81. The summed E-state index contributed by atoms with van der Waals surface area (Å²) < 4.78 is 10.7. The Hall–Kier alpha value is -3.02. The van der Waals surface area contributed by atoms with Crippen LogP contribution in [-0.4, -0.2) is 24.5 Å². The van der Waals surface area contributed by atoms with Crippen molar-refractivity contribution in [2.75, 3.05) is 12.8 Å². The van der Waals surface area contributed by atoms with Crippen molar-refractivity contribution in [1.82, 2.24) is 0 Å². The highest BCUT2D eigenvalue weighted by atomic mass is 16.5. The number of aromatic carboxylic acids is 1. The van der Waals surface area contributed by atoms with E-state index < -0.39 is 5.97 Å². The van der Waals surface area contributed by atoms with Gasteiger partial charge in [0.1, 0.15) is 11.8 Å². The monoisotopic (exact) mass is 287 g/mol. The van der Waals surface area contributed by atoms with Gasteiger partial charge in [-0.1, -0.05) is 6.07 Å². The van der Waals surface area contributed by atoms with Gasteiger partial charge >= 0.3 is 5.97 Å². The van der Waals surface area contributed by atoms with E-state index in [4.69, 9.17) is 20.3 Å². The van der Waals surface area contributed by atoms with Crippen molar-refractivity contribution in [2.45, 2.75) is 0 Å². The lowest BCUT2D eigenvalue weighted by molar-refractivity contribution is 0.0694. The molecule has 0 aliphatic carbocycles. The summed E-state index contributed by atoms with van der Waals surface area (Å²) in [7, 11) is 1.42. The number of hydrogen-bond acceptors (Lipinski definition) is 5. The fourth-order valence-corrected chi connectivity index (χ4v) is 1.79. The number of nitrogen functional groups attached to an aromatic ring is 1. The zero-order valence-corrected chi connectivity index (χ0v) is 11.2. The smallest absolute Gasteiger partial charge is 0.339 e. The Kier molecular flexibility index (Phi) is 4.08. The molecule has 0 radical (unpaired) electrons. The van der Waals surface area contributed by atoms with Gasteiger partial charge in [-0.3, -0.25) is 4.79 Å². The van der Waals surface area contributed by atoms with Crippen molar-refractivity contribution in [3.05, 3.63) is 47.5 Å². The van der Waals surface area contributed by atoms with Crippen LogP contribution in [0.3, 0.4) is 0 Å². The van der Waals surface area contributed by atoms with Gasteiger partial charge in [0.05, 0.1) is 12.8 Å². The molecule has 0 amide bonds. The van der Waals surface area contributed by atoms with Gasteiger partial charge in [0.2, 0.25) is 0 Å². The van der Waals surface area contributed by atoms with Crippen LogP contribution in [-0.2, 0) is 0 Å². The molecule has 0 saturated heterocycles. The number of carbonyl (C=O) groups excluding carboxylic acids is 1. The number of hydrogen-bond donors (Lipinski definition) is 2. The number of rotatable bonds is 5. The van der Waals surface area contributed by atoms with Crippen LogP contribution in [0.25, 0.3) is 0 Å². The summed E-state index contributed by atoms with van der Waals surface area (Å²) in [5.41, 5.74) is 6.32. The molecule has 2 aromatic rings. The maximum absolute atomic E-state index is 11.2. The zero-order chi connectivity index (χ0) is 15.4. The maximum Gasteiger partial charge on any atom is 0.339 e. The molecule has 0 heterocycles. The van der Waals surface area contributed by atoms with Crippen molar-refractivity contribution in [3.8, 4) is 17.2 Å². The van der Waals surface area contributed by atoms with Gasteiger partial charge in [-0.25, -0.2) is 4.79 Å². The number of methoxy groups -OCH3 is 1. The van der Waals surface area contributed by atoms with Gasteiger partial charge in [-0.05, 0) is 30.3 Å². The van der Waals surface area contributed by atoms with E-state index >= 15 is 0 Å². The van der Waals surface area contributed by atoms with Gasteiger partial charge in [0.15, 0.2) is 17.2 Å². The third-order valence-corrected chi connectivity index (χ3v) is 2.81. The highest BCUT2D eigenvalue weighted by Gasteiger charge is 2.16. The summed E-state index contributed by atoms with van der Waals surface area (Å²) in [6.07, 6.45) is 0.672. The van der Waals surface area contributed by atoms with E-state index in [1.54, 1.807) is 0 Å². The molecule has 108 valence electrons. The van der Waals surface area contributed by atoms with E-state index in [-0.39, 0.29) is 22.7 Å². The predicted molar refractivity (Wildman–Crippen MR) is 76.3 cm³/mol. The molecule has 0 fully saturated rings. The Balaban J connectivity index is 2.47. The lowest BCUT2D eigenvalue weighted by Gasteiger charge is -2.14. The van der Waals surface area contributed by atoms with E-state index in [9.17, 15) is 9.59 Å². The van der Waals surface area contributed by atoms with Crippen molar-refractivity contribution < 1.29 is 24.2 Å². The average Bonchev–Trinajstić information content (AvgIpc) is 2.49. The van der Waals surface area contributed by atoms with Crippen LogP contribution in [0.2, 0.25) is 0 Å². The lowest BCUT2D eigenvalue weighted by Crippen LogP contribution is -2.03. The van der Waals surface area contributed by atoms with Crippen LogP contribution in [0.1, 0.15) is 20.7 Å². The maximum atomic E-state index is 11.2. The van der Waals surface area contributed by atoms with Crippen molar-refractivity contribution >= 4 is 17.9 Å². The van der Waals surface area contributed by atoms with Crippen LogP contribution < -0.4 is 15.2 Å². The lowest BCUT2D eigenvalue weighted by atomic mass is 10.1. The number of carbonyl (C=O) groups is 2. The number of carboxylic acids is 1. The molecule has 0 aliphatic rings. The first-order valence-corrected chi connectivity index (χ1v) is 5.99. The Labute approximate surface area is 120 Å². The molecule has 0 unspecified atom stereocenters. The van der Waals surface area contributed by atoms with E-state index in [1.807, 2.05) is 0 Å². The average molecular weight is 287 g/mol. The van der Waals surface area contributed by atoms with Crippen LogP contribution >= 0.6 is 0 Å². The summed E-state index contributed by atoms with van der Waals surface area (Å²) >= 11 is 0. The van der Waals surface area contributed by atoms with E-state index in [0.717, 1.165) is 0 Å². The van der Waals surface area contributed by atoms with Gasteiger partial charge in [0.25, 0.3) is 0 Å². The van der Waals surface area contributed by atoms with Crippen LogP contribution in [0.4, 0.5) is 5.69 Å². The summed E-state index contributed by atoms with van der Waals surface area (Å²) in [6.45, 7) is 0. The molecule has 6 nitrogen and oxygen atoms in total. The number of benzene rings is 2. The predicted octanol–water partition coefficient (Wildman–Crippen LogP) is 2.58. The Morgan fingerprint density at radius 2 is 2.00 bits per heavy atom. The SMILES string of the molecule is COc1cc(C=O)ccc1Oc1c(N)cccc1C(=O)O. The van der Waals surface area contributed by atoms with Crippen molar-refractivity contribution in [2.24, 2.45) is 0 Å². The highest BCUT2D eigenvalue weighted by Crippen LogP contribution is 2.36. The van der Waals surface area contributed by atoms with Crippen molar-refractivity contribution in [1.29, 1.82) is 0 Å². The molecular weight excluding hydrogens is 274 g/mol. The molecule has 0 saturated carbocycles. The number of anilines is 1. The zero-order valence-electron chi connectivity index (χ0n) is 11.2. The number of para-hydroxylation sites is 1. The summed E-state index contributed by atoms with van der Waals surface area (Å²) in [4.78, 5) is 22.0. The van der Waals surface area contributed by atoms with Gasteiger partial charge < -0.3 is 20.3 Å². The van der Waals surface area contributed by atoms with Gasteiger partial charge in [0, 0.05) is 5.56 Å². The van der Waals surface area contributed by atoms with E-state index in [0.29, 0.717) is 17.6 Å². The van der Waals surface area contributed by atoms with Crippen LogP contribution in [0, 0.1) is 0 Å². The second-order valence-electron chi connectivity index (χ2n) is 4.16. The largest absolute Gasteiger partial charge is 0.493 e. The quantitative estimate of drug-likeness (QED) is 0.647. The minimum Gasteiger partial charge on any atom is -0.493 e. The van der Waals surface area contributed by atoms with E-state index in [2.05, 4.69) is 0 Å². The number of ether oxygens (including phenoxy) is 2. The Morgan fingerprint density at radius 1 is 1.24 bits per heavy atom. The molecule has 6 heteroatoms. The van der Waals surface area contributed by atoms with Crippen LogP contribution in [0.5, 0.6) is 17.2 Å². The molecule has 0 bridgehead atoms. The number of carboxylic acid groups (broad SMARTS) is 1. The molecule has 0 aliphatic heterocycles. The first-order chi connectivity index (χ1) is 10.1.